The normalized spacial score (nSPS) is 10.1. The molecule has 4 nitrogen and oxygen atoms in total. The fraction of sp³-hybridized carbons (Fsp3) is 0.286. The van der Waals surface area contributed by atoms with Gasteiger partial charge in [-0.3, -0.25) is 0 Å². The zero-order chi connectivity index (χ0) is 13.0. The summed E-state index contributed by atoms with van der Waals surface area (Å²) in [7, 11) is 1.57. The molecular formula is C14H15N3O. The molecule has 0 unspecified atom stereocenters. The molecule has 0 aliphatic heterocycles. The third-order valence-corrected chi connectivity index (χ3v) is 2.86. The van der Waals surface area contributed by atoms with Crippen LogP contribution in [0.1, 0.15) is 23.9 Å². The summed E-state index contributed by atoms with van der Waals surface area (Å²) in [4.78, 5) is 4.28. The predicted octanol–water partition coefficient (Wildman–Crippen LogP) is 2.37. The number of nitrogens with zero attached hydrogens (tertiary/aromatic N) is 3. The molecule has 1 aromatic heterocycles. The van der Waals surface area contributed by atoms with E-state index in [1.54, 1.807) is 13.3 Å². The van der Waals surface area contributed by atoms with E-state index in [2.05, 4.69) is 22.5 Å². The van der Waals surface area contributed by atoms with Crippen molar-refractivity contribution in [1.29, 1.82) is 5.26 Å². The van der Waals surface area contributed by atoms with Crippen LogP contribution < -0.4 is 4.74 Å². The van der Waals surface area contributed by atoms with E-state index in [9.17, 15) is 0 Å². The summed E-state index contributed by atoms with van der Waals surface area (Å²) in [6.45, 7) is 2.80. The molecular weight excluding hydrogens is 226 g/mol. The van der Waals surface area contributed by atoms with Gasteiger partial charge in [0.25, 0.3) is 0 Å². The summed E-state index contributed by atoms with van der Waals surface area (Å²) in [6.07, 6.45) is 4.65. The number of imidazole rings is 1. The number of hydrogen-bond donors (Lipinski definition) is 0. The summed E-state index contributed by atoms with van der Waals surface area (Å²) in [6, 6.07) is 7.81. The third-order valence-electron chi connectivity index (χ3n) is 2.86. The van der Waals surface area contributed by atoms with Crippen LogP contribution in [0.5, 0.6) is 5.75 Å². The van der Waals surface area contributed by atoms with Crippen molar-refractivity contribution in [1.82, 2.24) is 9.55 Å². The van der Waals surface area contributed by atoms with Crippen molar-refractivity contribution in [2.45, 2.75) is 19.9 Å². The van der Waals surface area contributed by atoms with Gasteiger partial charge in [0.1, 0.15) is 17.6 Å². The van der Waals surface area contributed by atoms with Crippen LogP contribution in [-0.2, 0) is 13.0 Å². The van der Waals surface area contributed by atoms with Crippen LogP contribution in [0.4, 0.5) is 0 Å². The Hall–Kier alpha value is -2.28. The highest BCUT2D eigenvalue weighted by atomic mass is 16.5. The monoisotopic (exact) mass is 241 g/mol. The van der Waals surface area contributed by atoms with Gasteiger partial charge in [0, 0.05) is 25.4 Å². The second-order valence-electron chi connectivity index (χ2n) is 3.97. The van der Waals surface area contributed by atoms with Crippen LogP contribution in [0, 0.1) is 11.3 Å². The van der Waals surface area contributed by atoms with Crippen molar-refractivity contribution in [2.24, 2.45) is 0 Å². The number of benzene rings is 1. The molecule has 2 rings (SSSR count). The molecule has 2 aromatic rings. The molecule has 0 amide bonds. The fourth-order valence-corrected chi connectivity index (χ4v) is 1.94. The third kappa shape index (κ3) is 2.35. The molecule has 92 valence electrons. The number of aromatic nitrogens is 2. The second kappa shape index (κ2) is 5.37. The lowest BCUT2D eigenvalue weighted by Crippen LogP contribution is -2.03. The van der Waals surface area contributed by atoms with Crippen molar-refractivity contribution >= 4 is 0 Å². The first-order chi connectivity index (χ1) is 8.78. The Kier molecular flexibility index (Phi) is 3.63. The maximum Gasteiger partial charge on any atom is 0.136 e. The molecule has 0 radical (unpaired) electrons. The Balaban J connectivity index is 2.28. The molecule has 0 saturated carbocycles. The minimum atomic E-state index is 0.563. The van der Waals surface area contributed by atoms with E-state index in [-0.39, 0.29) is 0 Å². The van der Waals surface area contributed by atoms with Crippen molar-refractivity contribution < 1.29 is 4.74 Å². The summed E-state index contributed by atoms with van der Waals surface area (Å²) in [5, 5.41) is 9.05. The van der Waals surface area contributed by atoms with Crippen molar-refractivity contribution in [3.05, 3.63) is 47.5 Å². The molecule has 0 aliphatic rings. The van der Waals surface area contributed by atoms with E-state index in [0.717, 1.165) is 24.4 Å². The zero-order valence-electron chi connectivity index (χ0n) is 10.6. The molecule has 4 heteroatoms. The van der Waals surface area contributed by atoms with E-state index in [1.807, 2.05) is 24.4 Å². The molecule has 0 aliphatic carbocycles. The summed E-state index contributed by atoms with van der Waals surface area (Å²) >= 11 is 0. The maximum atomic E-state index is 9.05. The van der Waals surface area contributed by atoms with E-state index in [4.69, 9.17) is 10.00 Å². The lowest BCUT2D eigenvalue weighted by atomic mass is 10.1. The van der Waals surface area contributed by atoms with Crippen molar-refractivity contribution in [2.75, 3.05) is 7.11 Å². The maximum absolute atomic E-state index is 9.05. The van der Waals surface area contributed by atoms with Crippen molar-refractivity contribution in [3.63, 3.8) is 0 Å². The minimum absolute atomic E-state index is 0.563. The number of rotatable bonds is 4. The van der Waals surface area contributed by atoms with Crippen LogP contribution >= 0.6 is 0 Å². The predicted molar refractivity (Wildman–Crippen MR) is 68.4 cm³/mol. The van der Waals surface area contributed by atoms with Gasteiger partial charge in [-0.1, -0.05) is 13.0 Å². The average molecular weight is 241 g/mol. The highest BCUT2D eigenvalue weighted by molar-refractivity contribution is 5.45. The largest absolute Gasteiger partial charge is 0.495 e. The van der Waals surface area contributed by atoms with Crippen LogP contribution in [0.2, 0.25) is 0 Å². The van der Waals surface area contributed by atoms with Crippen LogP contribution in [-0.4, -0.2) is 16.7 Å². The SMILES string of the molecule is CCc1nccn1Cc1ccc(OC)c(C#N)c1. The first kappa shape index (κ1) is 12.2. The quantitative estimate of drug-likeness (QED) is 0.825. The first-order valence-electron chi connectivity index (χ1n) is 5.85. The molecule has 0 saturated heterocycles. The van der Waals surface area contributed by atoms with Gasteiger partial charge in [-0.25, -0.2) is 4.98 Å². The van der Waals surface area contributed by atoms with Gasteiger partial charge < -0.3 is 9.30 Å². The number of aryl methyl sites for hydroxylation is 1. The molecule has 1 heterocycles. The van der Waals surface area contributed by atoms with Gasteiger partial charge in [0.2, 0.25) is 0 Å². The van der Waals surface area contributed by atoms with E-state index < -0.39 is 0 Å². The highest BCUT2D eigenvalue weighted by Gasteiger charge is 2.06. The van der Waals surface area contributed by atoms with Crippen molar-refractivity contribution in [3.8, 4) is 11.8 Å². The van der Waals surface area contributed by atoms with Gasteiger partial charge >= 0.3 is 0 Å². The van der Waals surface area contributed by atoms with E-state index in [0.29, 0.717) is 11.3 Å². The number of ether oxygens (including phenoxy) is 1. The summed E-state index contributed by atoms with van der Waals surface area (Å²) in [5.41, 5.74) is 1.63. The fourth-order valence-electron chi connectivity index (χ4n) is 1.94. The zero-order valence-corrected chi connectivity index (χ0v) is 10.6. The number of nitriles is 1. The Morgan fingerprint density at radius 3 is 2.94 bits per heavy atom. The van der Waals surface area contributed by atoms with Gasteiger partial charge in [0.15, 0.2) is 0 Å². The minimum Gasteiger partial charge on any atom is -0.495 e. The number of hydrogen-bond acceptors (Lipinski definition) is 3. The number of methoxy groups -OCH3 is 1. The second-order valence-corrected chi connectivity index (χ2v) is 3.97. The smallest absolute Gasteiger partial charge is 0.136 e. The molecule has 18 heavy (non-hydrogen) atoms. The highest BCUT2D eigenvalue weighted by Crippen LogP contribution is 2.19. The van der Waals surface area contributed by atoms with Crippen LogP contribution in [0.15, 0.2) is 30.6 Å². The van der Waals surface area contributed by atoms with Gasteiger partial charge in [-0.05, 0) is 17.7 Å². The summed E-state index contributed by atoms with van der Waals surface area (Å²) in [5.74, 6) is 1.66. The standard InChI is InChI=1S/C14H15N3O/c1-3-14-16-6-7-17(14)10-11-4-5-13(18-2)12(8-11)9-15/h4-8H,3,10H2,1-2H3. The van der Waals surface area contributed by atoms with Gasteiger partial charge in [-0.2, -0.15) is 5.26 Å². The Bertz CT molecular complexity index is 581. The molecule has 0 bridgehead atoms. The Morgan fingerprint density at radius 1 is 1.44 bits per heavy atom. The summed E-state index contributed by atoms with van der Waals surface area (Å²) < 4.78 is 7.22. The Labute approximate surface area is 106 Å². The first-order valence-corrected chi connectivity index (χ1v) is 5.85. The average Bonchev–Trinajstić information content (AvgIpc) is 2.85. The molecule has 1 aromatic carbocycles. The van der Waals surface area contributed by atoms with Gasteiger partial charge in [-0.15, -0.1) is 0 Å². The van der Waals surface area contributed by atoms with Gasteiger partial charge in [0.05, 0.1) is 12.7 Å². The van der Waals surface area contributed by atoms with Crippen LogP contribution in [0.25, 0.3) is 0 Å². The Morgan fingerprint density at radius 2 is 2.28 bits per heavy atom. The topological polar surface area (TPSA) is 50.8 Å². The van der Waals surface area contributed by atoms with Crippen LogP contribution in [0.3, 0.4) is 0 Å². The molecule has 0 N–H and O–H groups in total. The van der Waals surface area contributed by atoms with E-state index in [1.165, 1.54) is 0 Å². The van der Waals surface area contributed by atoms with E-state index >= 15 is 0 Å². The lowest BCUT2D eigenvalue weighted by molar-refractivity contribution is 0.413. The molecule has 0 atom stereocenters. The molecule has 0 fully saturated rings. The lowest BCUT2D eigenvalue weighted by Gasteiger charge is -2.08. The molecule has 0 spiro atoms.